The lowest BCUT2D eigenvalue weighted by Gasteiger charge is -2.34. The van der Waals surface area contributed by atoms with Crippen molar-refractivity contribution in [2.45, 2.75) is 13.0 Å². The number of nitrogens with one attached hydrogen (secondary N) is 1. The number of carbonyl (C=O) groups is 1. The fraction of sp³-hybridized carbons (Fsp3) is 0.364. The van der Waals surface area contributed by atoms with Crippen LogP contribution in [0, 0.1) is 0 Å². The van der Waals surface area contributed by atoms with E-state index in [1.54, 1.807) is 4.90 Å². The Kier molecular flexibility index (Phi) is 3.16. The first-order valence-electron chi connectivity index (χ1n) is 5.19. The molecule has 0 aromatic heterocycles. The maximum atomic E-state index is 11.9. The highest BCUT2D eigenvalue weighted by molar-refractivity contribution is 9.10. The zero-order chi connectivity index (χ0) is 11.7. The number of halogens is 1. The van der Waals surface area contributed by atoms with E-state index in [2.05, 4.69) is 21.2 Å². The maximum absolute atomic E-state index is 11.9. The Morgan fingerprint density at radius 2 is 2.38 bits per heavy atom. The zero-order valence-electron chi connectivity index (χ0n) is 9.03. The van der Waals surface area contributed by atoms with Crippen molar-refractivity contribution in [3.05, 3.63) is 22.7 Å². The van der Waals surface area contributed by atoms with Crippen LogP contribution in [0.15, 0.2) is 22.7 Å². The minimum Gasteiger partial charge on any atom is -0.374 e. The predicted octanol–water partition coefficient (Wildman–Crippen LogP) is 1.55. The summed E-state index contributed by atoms with van der Waals surface area (Å²) in [7, 11) is 0. The summed E-state index contributed by atoms with van der Waals surface area (Å²) in [4.78, 5) is 13.6. The van der Waals surface area contributed by atoms with Crippen LogP contribution in [-0.4, -0.2) is 25.0 Å². The second kappa shape index (κ2) is 4.43. The Labute approximate surface area is 103 Å². The van der Waals surface area contributed by atoms with Gasteiger partial charge in [0.25, 0.3) is 0 Å². The molecule has 0 bridgehead atoms. The fourth-order valence-corrected chi connectivity index (χ4v) is 2.18. The van der Waals surface area contributed by atoms with E-state index in [-0.39, 0.29) is 11.9 Å². The number of nitrogens with two attached hydrogens (primary N) is 1. The molecular formula is C11H14BrN3O. The van der Waals surface area contributed by atoms with Crippen molar-refractivity contribution in [1.29, 1.82) is 0 Å². The lowest BCUT2D eigenvalue weighted by molar-refractivity contribution is -0.117. The van der Waals surface area contributed by atoms with Gasteiger partial charge in [0.1, 0.15) is 0 Å². The third-order valence-corrected chi connectivity index (χ3v) is 3.19. The third kappa shape index (κ3) is 1.92. The van der Waals surface area contributed by atoms with Gasteiger partial charge in [0.2, 0.25) is 5.91 Å². The van der Waals surface area contributed by atoms with Crippen molar-refractivity contribution in [3.63, 3.8) is 0 Å². The largest absolute Gasteiger partial charge is 0.374 e. The summed E-state index contributed by atoms with van der Waals surface area (Å²) in [5.41, 5.74) is 7.50. The molecule has 1 amide bonds. The molecule has 1 heterocycles. The monoisotopic (exact) mass is 283 g/mol. The summed E-state index contributed by atoms with van der Waals surface area (Å²) >= 11 is 3.41. The number of rotatable bonds is 2. The van der Waals surface area contributed by atoms with Crippen LogP contribution in [0.25, 0.3) is 0 Å². The smallest absolute Gasteiger partial charge is 0.246 e. The first kappa shape index (κ1) is 11.4. The highest BCUT2D eigenvalue weighted by Crippen LogP contribution is 2.33. The molecule has 86 valence electrons. The van der Waals surface area contributed by atoms with Gasteiger partial charge >= 0.3 is 0 Å². The van der Waals surface area contributed by atoms with Crippen molar-refractivity contribution in [3.8, 4) is 0 Å². The third-order valence-electron chi connectivity index (χ3n) is 2.70. The standard InChI is InChI=1S/C11H14BrN3O/c1-7(5-13)15-10-4-8(12)2-3-9(10)14-6-11(15)16/h2-4,7,14H,5-6,13H2,1H3. The van der Waals surface area contributed by atoms with Gasteiger partial charge in [-0.3, -0.25) is 4.79 Å². The summed E-state index contributed by atoms with van der Waals surface area (Å²) in [6.45, 7) is 2.74. The summed E-state index contributed by atoms with van der Waals surface area (Å²) in [6.07, 6.45) is 0. The van der Waals surface area contributed by atoms with E-state index in [1.807, 2.05) is 25.1 Å². The van der Waals surface area contributed by atoms with Crippen molar-refractivity contribution in [1.82, 2.24) is 0 Å². The van der Waals surface area contributed by atoms with E-state index in [4.69, 9.17) is 5.73 Å². The zero-order valence-corrected chi connectivity index (χ0v) is 10.6. The van der Waals surface area contributed by atoms with Crippen LogP contribution in [-0.2, 0) is 4.79 Å². The van der Waals surface area contributed by atoms with Gasteiger partial charge in [0, 0.05) is 17.1 Å². The van der Waals surface area contributed by atoms with Gasteiger partial charge in [-0.15, -0.1) is 0 Å². The summed E-state index contributed by atoms with van der Waals surface area (Å²) in [5, 5.41) is 3.10. The Balaban J connectivity index is 2.46. The molecule has 0 saturated carbocycles. The second-order valence-electron chi connectivity index (χ2n) is 3.86. The predicted molar refractivity (Wildman–Crippen MR) is 68.6 cm³/mol. The number of fused-ring (bicyclic) bond motifs is 1. The molecule has 1 aliphatic rings. The van der Waals surface area contributed by atoms with Gasteiger partial charge < -0.3 is 16.0 Å². The Morgan fingerprint density at radius 1 is 1.62 bits per heavy atom. The lowest BCUT2D eigenvalue weighted by atomic mass is 10.1. The summed E-state index contributed by atoms with van der Waals surface area (Å²) < 4.78 is 0.956. The number of amides is 1. The molecule has 4 nitrogen and oxygen atoms in total. The molecule has 16 heavy (non-hydrogen) atoms. The number of anilines is 2. The molecule has 1 aromatic carbocycles. The molecule has 2 rings (SSSR count). The van der Waals surface area contributed by atoms with E-state index in [9.17, 15) is 4.79 Å². The Hall–Kier alpha value is -1.07. The van der Waals surface area contributed by atoms with Crippen LogP contribution < -0.4 is 16.0 Å². The van der Waals surface area contributed by atoms with E-state index < -0.39 is 0 Å². The van der Waals surface area contributed by atoms with Crippen molar-refractivity contribution in [2.24, 2.45) is 5.73 Å². The van der Waals surface area contributed by atoms with E-state index in [0.29, 0.717) is 13.1 Å². The highest BCUT2D eigenvalue weighted by Gasteiger charge is 2.27. The van der Waals surface area contributed by atoms with Crippen LogP contribution in [0.2, 0.25) is 0 Å². The second-order valence-corrected chi connectivity index (χ2v) is 4.78. The molecule has 1 unspecified atom stereocenters. The normalized spacial score (nSPS) is 16.7. The Morgan fingerprint density at radius 3 is 3.06 bits per heavy atom. The highest BCUT2D eigenvalue weighted by atomic mass is 79.9. The number of carbonyl (C=O) groups excluding carboxylic acids is 1. The summed E-state index contributed by atoms with van der Waals surface area (Å²) in [5.74, 6) is 0.0588. The van der Waals surface area contributed by atoms with Gasteiger partial charge in [-0.05, 0) is 25.1 Å². The minimum atomic E-state index is 0.0163. The van der Waals surface area contributed by atoms with E-state index in [0.717, 1.165) is 15.8 Å². The number of benzene rings is 1. The molecule has 0 fully saturated rings. The maximum Gasteiger partial charge on any atom is 0.246 e. The first-order valence-corrected chi connectivity index (χ1v) is 5.98. The molecule has 1 atom stereocenters. The van der Waals surface area contributed by atoms with E-state index >= 15 is 0 Å². The topological polar surface area (TPSA) is 58.4 Å². The van der Waals surface area contributed by atoms with Gasteiger partial charge in [-0.1, -0.05) is 15.9 Å². The summed E-state index contributed by atoms with van der Waals surface area (Å²) in [6, 6.07) is 5.86. The van der Waals surface area contributed by atoms with E-state index in [1.165, 1.54) is 0 Å². The first-order chi connectivity index (χ1) is 7.63. The van der Waals surface area contributed by atoms with Crippen molar-refractivity contribution in [2.75, 3.05) is 23.3 Å². The van der Waals surface area contributed by atoms with Crippen LogP contribution >= 0.6 is 15.9 Å². The molecule has 0 spiro atoms. The quantitative estimate of drug-likeness (QED) is 0.866. The number of hydrogen-bond donors (Lipinski definition) is 2. The molecular weight excluding hydrogens is 270 g/mol. The van der Waals surface area contributed by atoms with Crippen molar-refractivity contribution >= 4 is 33.2 Å². The number of nitrogens with zero attached hydrogens (tertiary/aromatic N) is 1. The van der Waals surface area contributed by atoms with Gasteiger partial charge in [-0.25, -0.2) is 0 Å². The molecule has 1 aliphatic heterocycles. The van der Waals surface area contributed by atoms with Crippen molar-refractivity contribution < 1.29 is 4.79 Å². The Bertz CT molecular complexity index is 422. The number of hydrogen-bond acceptors (Lipinski definition) is 3. The molecule has 1 aromatic rings. The molecule has 5 heteroatoms. The van der Waals surface area contributed by atoms with Gasteiger partial charge in [-0.2, -0.15) is 0 Å². The van der Waals surface area contributed by atoms with Crippen LogP contribution in [0.3, 0.4) is 0 Å². The van der Waals surface area contributed by atoms with Gasteiger partial charge in [0.05, 0.1) is 17.9 Å². The molecule has 0 saturated heterocycles. The molecule has 0 aliphatic carbocycles. The van der Waals surface area contributed by atoms with Gasteiger partial charge in [0.15, 0.2) is 0 Å². The minimum absolute atomic E-state index is 0.0163. The molecule has 3 N–H and O–H groups in total. The average molecular weight is 284 g/mol. The van der Waals surface area contributed by atoms with Crippen LogP contribution in [0.4, 0.5) is 11.4 Å². The fourth-order valence-electron chi connectivity index (χ4n) is 1.83. The lowest BCUT2D eigenvalue weighted by Crippen LogP contribution is -2.48. The average Bonchev–Trinajstić information content (AvgIpc) is 2.28. The molecule has 0 radical (unpaired) electrons. The SMILES string of the molecule is CC(CN)N1C(=O)CNc2ccc(Br)cc21. The van der Waals surface area contributed by atoms with Crippen LogP contribution in [0.1, 0.15) is 6.92 Å². The van der Waals surface area contributed by atoms with Crippen LogP contribution in [0.5, 0.6) is 0 Å².